The standard InChI is InChI=1S/C22H24N4O/c1-16-7-6-10-19(17(16)2)23-21-15-20(18-8-4-3-5-9-18)24-22(25-21)26-11-13-27-14-12-26/h3-10,15H,11-14H2,1-2H3,(H,23,24,25). The Balaban J connectivity index is 1.74. The van der Waals surface area contributed by atoms with Crippen molar-refractivity contribution in [2.24, 2.45) is 0 Å². The predicted octanol–water partition coefficient (Wildman–Crippen LogP) is 4.34. The molecule has 1 N–H and O–H groups in total. The average Bonchev–Trinajstić information content (AvgIpc) is 2.72. The molecule has 0 radical (unpaired) electrons. The molecule has 5 nitrogen and oxygen atoms in total. The highest BCUT2D eigenvalue weighted by atomic mass is 16.5. The van der Waals surface area contributed by atoms with Gasteiger partial charge in [-0.15, -0.1) is 0 Å². The van der Waals surface area contributed by atoms with Crippen LogP contribution in [0.5, 0.6) is 0 Å². The Morgan fingerprint density at radius 3 is 2.48 bits per heavy atom. The molecule has 1 fully saturated rings. The molecule has 0 atom stereocenters. The van der Waals surface area contributed by atoms with Gasteiger partial charge in [-0.05, 0) is 31.0 Å². The Kier molecular flexibility index (Phi) is 5.03. The molecule has 0 amide bonds. The first-order valence-corrected chi connectivity index (χ1v) is 9.31. The number of nitrogens with zero attached hydrogens (tertiary/aromatic N) is 3. The molecule has 5 heteroatoms. The molecule has 1 aromatic heterocycles. The van der Waals surface area contributed by atoms with Crippen LogP contribution in [0.15, 0.2) is 54.6 Å². The average molecular weight is 360 g/mol. The van der Waals surface area contributed by atoms with Crippen molar-refractivity contribution >= 4 is 17.5 Å². The smallest absolute Gasteiger partial charge is 0.228 e. The van der Waals surface area contributed by atoms with Crippen molar-refractivity contribution in [3.8, 4) is 11.3 Å². The fourth-order valence-corrected chi connectivity index (χ4v) is 3.18. The van der Waals surface area contributed by atoms with Crippen LogP contribution in [0.2, 0.25) is 0 Å². The molecular formula is C22H24N4O. The summed E-state index contributed by atoms with van der Waals surface area (Å²) in [4.78, 5) is 11.8. The topological polar surface area (TPSA) is 50.3 Å². The first-order valence-electron chi connectivity index (χ1n) is 9.31. The molecule has 138 valence electrons. The minimum absolute atomic E-state index is 0.707. The summed E-state index contributed by atoms with van der Waals surface area (Å²) in [6.45, 7) is 7.27. The zero-order valence-electron chi connectivity index (χ0n) is 15.8. The number of anilines is 3. The molecule has 1 aliphatic rings. The van der Waals surface area contributed by atoms with Crippen LogP contribution in [-0.2, 0) is 4.74 Å². The molecule has 1 aliphatic heterocycles. The highest BCUT2D eigenvalue weighted by Crippen LogP contribution is 2.27. The zero-order valence-corrected chi connectivity index (χ0v) is 15.8. The molecule has 0 unspecified atom stereocenters. The molecule has 2 aromatic carbocycles. The lowest BCUT2D eigenvalue weighted by Crippen LogP contribution is -2.37. The quantitative estimate of drug-likeness (QED) is 0.750. The second-order valence-electron chi connectivity index (χ2n) is 6.78. The van der Waals surface area contributed by atoms with Crippen LogP contribution < -0.4 is 10.2 Å². The van der Waals surface area contributed by atoms with Crippen LogP contribution in [0, 0.1) is 13.8 Å². The minimum atomic E-state index is 0.707. The van der Waals surface area contributed by atoms with E-state index in [0.29, 0.717) is 13.2 Å². The molecule has 27 heavy (non-hydrogen) atoms. The lowest BCUT2D eigenvalue weighted by molar-refractivity contribution is 0.122. The predicted molar refractivity (Wildman–Crippen MR) is 110 cm³/mol. The first kappa shape index (κ1) is 17.5. The summed E-state index contributed by atoms with van der Waals surface area (Å²) in [5.41, 5.74) is 5.55. The van der Waals surface area contributed by atoms with Gasteiger partial charge in [-0.2, -0.15) is 4.98 Å². The van der Waals surface area contributed by atoms with Crippen molar-refractivity contribution in [1.82, 2.24) is 9.97 Å². The lowest BCUT2D eigenvalue weighted by Gasteiger charge is -2.27. The van der Waals surface area contributed by atoms with Crippen LogP contribution in [0.1, 0.15) is 11.1 Å². The summed E-state index contributed by atoms with van der Waals surface area (Å²) >= 11 is 0. The van der Waals surface area contributed by atoms with Gasteiger partial charge in [-0.3, -0.25) is 0 Å². The van der Waals surface area contributed by atoms with Crippen molar-refractivity contribution in [1.29, 1.82) is 0 Å². The number of hydrogen-bond acceptors (Lipinski definition) is 5. The number of aromatic nitrogens is 2. The summed E-state index contributed by atoms with van der Waals surface area (Å²) in [5.74, 6) is 1.55. The maximum Gasteiger partial charge on any atom is 0.228 e. The second kappa shape index (κ2) is 7.76. The van der Waals surface area contributed by atoms with Gasteiger partial charge in [-0.1, -0.05) is 42.5 Å². The number of hydrogen-bond donors (Lipinski definition) is 1. The van der Waals surface area contributed by atoms with Gasteiger partial charge in [-0.25, -0.2) is 4.98 Å². The highest BCUT2D eigenvalue weighted by molar-refractivity contribution is 5.69. The summed E-state index contributed by atoms with van der Waals surface area (Å²) < 4.78 is 5.48. The van der Waals surface area contributed by atoms with Crippen molar-refractivity contribution in [3.05, 3.63) is 65.7 Å². The largest absolute Gasteiger partial charge is 0.378 e. The highest BCUT2D eigenvalue weighted by Gasteiger charge is 2.16. The van der Waals surface area contributed by atoms with E-state index in [1.165, 1.54) is 11.1 Å². The normalized spacial score (nSPS) is 14.2. The summed E-state index contributed by atoms with van der Waals surface area (Å²) in [7, 11) is 0. The molecule has 0 aliphatic carbocycles. The van der Waals surface area contributed by atoms with E-state index < -0.39 is 0 Å². The number of benzene rings is 2. The molecular weight excluding hydrogens is 336 g/mol. The maximum atomic E-state index is 5.48. The van der Waals surface area contributed by atoms with Gasteiger partial charge in [0.2, 0.25) is 5.95 Å². The SMILES string of the molecule is Cc1cccc(Nc2cc(-c3ccccc3)nc(N3CCOCC3)n2)c1C. The van der Waals surface area contributed by atoms with E-state index in [4.69, 9.17) is 14.7 Å². The van der Waals surface area contributed by atoms with Gasteiger partial charge >= 0.3 is 0 Å². The Morgan fingerprint density at radius 2 is 1.70 bits per heavy atom. The lowest BCUT2D eigenvalue weighted by atomic mass is 10.1. The minimum Gasteiger partial charge on any atom is -0.378 e. The van der Waals surface area contributed by atoms with E-state index in [1.54, 1.807) is 0 Å². The molecule has 0 bridgehead atoms. The molecule has 3 aromatic rings. The van der Waals surface area contributed by atoms with Crippen molar-refractivity contribution in [2.45, 2.75) is 13.8 Å². The summed E-state index contributed by atoms with van der Waals surface area (Å²) in [6, 6.07) is 18.5. The van der Waals surface area contributed by atoms with E-state index in [-0.39, 0.29) is 0 Å². The fourth-order valence-electron chi connectivity index (χ4n) is 3.18. The number of rotatable bonds is 4. The fraction of sp³-hybridized carbons (Fsp3) is 0.273. The number of aryl methyl sites for hydroxylation is 1. The Bertz CT molecular complexity index is 921. The third kappa shape index (κ3) is 3.93. The van der Waals surface area contributed by atoms with E-state index in [0.717, 1.165) is 41.8 Å². The van der Waals surface area contributed by atoms with Gasteiger partial charge in [0, 0.05) is 30.4 Å². The zero-order chi connectivity index (χ0) is 18.6. The number of morpholine rings is 1. The van der Waals surface area contributed by atoms with Crippen LogP contribution in [-0.4, -0.2) is 36.3 Å². The number of nitrogens with one attached hydrogen (secondary N) is 1. The van der Waals surface area contributed by atoms with Gasteiger partial charge in [0.25, 0.3) is 0 Å². The van der Waals surface area contributed by atoms with Crippen molar-refractivity contribution in [2.75, 3.05) is 36.5 Å². The molecule has 4 rings (SSSR count). The number of ether oxygens (including phenoxy) is 1. The maximum absolute atomic E-state index is 5.48. The molecule has 2 heterocycles. The van der Waals surface area contributed by atoms with Crippen molar-refractivity contribution < 1.29 is 4.74 Å². The van der Waals surface area contributed by atoms with Crippen LogP contribution >= 0.6 is 0 Å². The van der Waals surface area contributed by atoms with Gasteiger partial charge < -0.3 is 15.0 Å². The van der Waals surface area contributed by atoms with Gasteiger partial charge in [0.15, 0.2) is 0 Å². The van der Waals surface area contributed by atoms with Crippen LogP contribution in [0.4, 0.5) is 17.5 Å². The third-order valence-corrected chi connectivity index (χ3v) is 4.95. The third-order valence-electron chi connectivity index (χ3n) is 4.95. The Morgan fingerprint density at radius 1 is 0.926 bits per heavy atom. The molecule has 1 saturated heterocycles. The Labute approximate surface area is 160 Å². The Hall–Kier alpha value is -2.92. The van der Waals surface area contributed by atoms with E-state index in [1.807, 2.05) is 24.3 Å². The van der Waals surface area contributed by atoms with E-state index in [2.05, 4.69) is 54.4 Å². The summed E-state index contributed by atoms with van der Waals surface area (Å²) in [6.07, 6.45) is 0. The van der Waals surface area contributed by atoms with Crippen LogP contribution in [0.25, 0.3) is 11.3 Å². The summed E-state index contributed by atoms with van der Waals surface area (Å²) in [5, 5.41) is 3.49. The monoisotopic (exact) mass is 360 g/mol. The second-order valence-corrected chi connectivity index (χ2v) is 6.78. The van der Waals surface area contributed by atoms with E-state index in [9.17, 15) is 0 Å². The van der Waals surface area contributed by atoms with Crippen LogP contribution in [0.3, 0.4) is 0 Å². The van der Waals surface area contributed by atoms with Gasteiger partial charge in [0.1, 0.15) is 5.82 Å². The molecule has 0 saturated carbocycles. The van der Waals surface area contributed by atoms with Crippen molar-refractivity contribution in [3.63, 3.8) is 0 Å². The van der Waals surface area contributed by atoms with E-state index >= 15 is 0 Å². The molecule has 0 spiro atoms. The van der Waals surface area contributed by atoms with Gasteiger partial charge in [0.05, 0.1) is 18.9 Å². The first-order chi connectivity index (χ1) is 13.2.